The molecule has 28 heavy (non-hydrogen) atoms. The summed E-state index contributed by atoms with van der Waals surface area (Å²) in [5.41, 5.74) is 1.89. The average Bonchev–Trinajstić information content (AvgIpc) is 2.95. The number of quaternary nitrogens is 1. The summed E-state index contributed by atoms with van der Waals surface area (Å²) in [5.74, 6) is 0.910. The zero-order chi connectivity index (χ0) is 19.6. The van der Waals surface area contributed by atoms with E-state index in [2.05, 4.69) is 29.2 Å². The van der Waals surface area contributed by atoms with Crippen molar-refractivity contribution in [3.05, 3.63) is 70.9 Å². The van der Waals surface area contributed by atoms with E-state index in [-0.39, 0.29) is 10.8 Å². The summed E-state index contributed by atoms with van der Waals surface area (Å²) in [7, 11) is 1.63. The van der Waals surface area contributed by atoms with Gasteiger partial charge in [0, 0.05) is 38.9 Å². The minimum atomic E-state index is -0.478. The Labute approximate surface area is 166 Å². The summed E-state index contributed by atoms with van der Waals surface area (Å²) in [4.78, 5) is 15.1. The summed E-state index contributed by atoms with van der Waals surface area (Å²) in [6, 6.07) is 17.6. The molecule has 0 saturated carbocycles. The molecule has 2 atom stereocenters. The third kappa shape index (κ3) is 3.83. The highest BCUT2D eigenvalue weighted by Gasteiger charge is 2.52. The van der Waals surface area contributed by atoms with E-state index < -0.39 is 11.6 Å². The van der Waals surface area contributed by atoms with Gasteiger partial charge in [0.05, 0.1) is 13.5 Å². The molecule has 2 heterocycles. The summed E-state index contributed by atoms with van der Waals surface area (Å²) in [5, 5.41) is 13.4. The Morgan fingerprint density at radius 2 is 1.75 bits per heavy atom. The lowest BCUT2D eigenvalue weighted by molar-refractivity contribution is -0.912. The van der Waals surface area contributed by atoms with Gasteiger partial charge >= 0.3 is 0 Å². The number of carbonyl (C=O) groups is 1. The molecule has 2 saturated heterocycles. The lowest BCUT2D eigenvalue weighted by Crippen LogP contribution is -3.18. The minimum Gasteiger partial charge on any atom is -0.633 e. The zero-order valence-corrected chi connectivity index (χ0v) is 16.4. The molecule has 0 aliphatic carbocycles. The third-order valence-electron chi connectivity index (χ3n) is 6.40. The van der Waals surface area contributed by atoms with Crippen LogP contribution in [-0.2, 0) is 17.8 Å². The molecule has 4 rings (SSSR count). The zero-order valence-electron chi connectivity index (χ0n) is 16.4. The number of carbonyl (C=O) groups excluding carboxylic acids is 1. The summed E-state index contributed by atoms with van der Waals surface area (Å²) >= 11 is 0. The average molecular weight is 380 g/mol. The van der Waals surface area contributed by atoms with Gasteiger partial charge in [0.2, 0.25) is 0 Å². The van der Waals surface area contributed by atoms with Gasteiger partial charge in [-0.05, 0) is 23.3 Å². The number of likely N-dealkylation sites (tertiary alicyclic amines) is 1. The second-order valence-electron chi connectivity index (χ2n) is 8.15. The fourth-order valence-corrected chi connectivity index (χ4v) is 4.67. The molecule has 1 N–H and O–H groups in total. The van der Waals surface area contributed by atoms with E-state index in [0.29, 0.717) is 12.8 Å². The molecule has 0 radical (unpaired) electrons. The van der Waals surface area contributed by atoms with Crippen LogP contribution >= 0.6 is 0 Å². The van der Waals surface area contributed by atoms with Crippen LogP contribution in [0.25, 0.3) is 0 Å². The maximum Gasteiger partial charge on any atom is 0.196 e. The van der Waals surface area contributed by atoms with E-state index in [4.69, 9.17) is 4.74 Å². The first-order valence-corrected chi connectivity index (χ1v) is 10.1. The fourth-order valence-electron chi connectivity index (χ4n) is 4.67. The molecule has 2 unspecified atom stereocenters. The molecule has 2 aliphatic heterocycles. The number of ether oxygens (including phenoxy) is 1. The Morgan fingerprint density at radius 3 is 2.39 bits per heavy atom. The van der Waals surface area contributed by atoms with Crippen molar-refractivity contribution in [1.29, 1.82) is 0 Å². The SMILES string of the molecule is COc1ccc(CC2C(=O)CC3(CCN(Cc4ccccc4)CC3)[NH+]2[O-])cc1. The van der Waals surface area contributed by atoms with Gasteiger partial charge in [-0.15, -0.1) is 0 Å². The van der Waals surface area contributed by atoms with Crippen molar-refractivity contribution in [3.63, 3.8) is 0 Å². The molecule has 2 fully saturated rings. The second kappa shape index (κ2) is 8.03. The molecule has 148 valence electrons. The van der Waals surface area contributed by atoms with Crippen LogP contribution in [0.4, 0.5) is 0 Å². The van der Waals surface area contributed by atoms with Gasteiger partial charge in [-0.1, -0.05) is 42.5 Å². The van der Waals surface area contributed by atoms with Crippen molar-refractivity contribution in [3.8, 4) is 5.75 Å². The van der Waals surface area contributed by atoms with Crippen molar-refractivity contribution < 1.29 is 14.6 Å². The second-order valence-corrected chi connectivity index (χ2v) is 8.15. The number of hydrogen-bond acceptors (Lipinski definition) is 4. The lowest BCUT2D eigenvalue weighted by atomic mass is 9.85. The van der Waals surface area contributed by atoms with Gasteiger partial charge in [0.1, 0.15) is 11.3 Å². The molecule has 2 aliphatic rings. The van der Waals surface area contributed by atoms with Gasteiger partial charge in [-0.2, -0.15) is 0 Å². The standard InChI is InChI=1S/C23H28N2O3/c1-28-20-9-7-18(8-10-20)15-21-22(26)16-23(25(21)27)11-13-24(14-12-23)17-19-5-3-2-4-6-19/h2-10,21,25H,11-17H2,1H3. The molecule has 2 aromatic rings. The molecule has 5 heteroatoms. The van der Waals surface area contributed by atoms with E-state index in [0.717, 1.165) is 43.8 Å². The highest BCUT2D eigenvalue weighted by atomic mass is 16.5. The summed E-state index contributed by atoms with van der Waals surface area (Å²) < 4.78 is 5.19. The normalized spacial score (nSPS) is 24.6. The molecule has 2 aromatic carbocycles. The van der Waals surface area contributed by atoms with Gasteiger partial charge in [0.25, 0.3) is 0 Å². The van der Waals surface area contributed by atoms with Crippen molar-refractivity contribution in [1.82, 2.24) is 4.90 Å². The third-order valence-corrected chi connectivity index (χ3v) is 6.40. The fraction of sp³-hybridized carbons (Fsp3) is 0.435. The highest BCUT2D eigenvalue weighted by Crippen LogP contribution is 2.29. The van der Waals surface area contributed by atoms with Crippen LogP contribution in [0.15, 0.2) is 54.6 Å². The first kappa shape index (κ1) is 19.1. The number of piperidine rings is 1. The number of hydroxylamine groups is 2. The van der Waals surface area contributed by atoms with Crippen molar-refractivity contribution in [2.75, 3.05) is 20.2 Å². The molecular weight excluding hydrogens is 352 g/mol. The highest BCUT2D eigenvalue weighted by molar-refractivity contribution is 5.85. The maximum absolute atomic E-state index is 13.2. The van der Waals surface area contributed by atoms with Gasteiger partial charge < -0.3 is 15.0 Å². The quantitative estimate of drug-likeness (QED) is 0.806. The number of rotatable bonds is 5. The van der Waals surface area contributed by atoms with Crippen LogP contribution in [-0.4, -0.2) is 42.5 Å². The van der Waals surface area contributed by atoms with Crippen LogP contribution in [0.1, 0.15) is 30.4 Å². The Bertz CT molecular complexity index is 798. The predicted octanol–water partition coefficient (Wildman–Crippen LogP) is 2.00. The number of methoxy groups -OCH3 is 1. The molecule has 0 bridgehead atoms. The van der Waals surface area contributed by atoms with Crippen LogP contribution in [0.5, 0.6) is 5.75 Å². The number of nitrogens with one attached hydrogen (secondary N) is 1. The van der Waals surface area contributed by atoms with E-state index in [9.17, 15) is 10.0 Å². The number of nitrogens with zero attached hydrogens (tertiary/aromatic N) is 1. The largest absolute Gasteiger partial charge is 0.633 e. The number of benzene rings is 2. The maximum atomic E-state index is 13.2. The smallest absolute Gasteiger partial charge is 0.196 e. The first-order valence-electron chi connectivity index (χ1n) is 10.1. The van der Waals surface area contributed by atoms with Crippen molar-refractivity contribution >= 4 is 5.78 Å². The number of ketones is 1. The van der Waals surface area contributed by atoms with Crippen molar-refractivity contribution in [2.45, 2.75) is 43.8 Å². The van der Waals surface area contributed by atoms with E-state index in [1.54, 1.807) is 7.11 Å². The van der Waals surface area contributed by atoms with Crippen LogP contribution < -0.4 is 9.80 Å². The topological polar surface area (TPSA) is 57.0 Å². The van der Waals surface area contributed by atoms with E-state index >= 15 is 0 Å². The number of hydrogen-bond donors (Lipinski definition) is 1. The van der Waals surface area contributed by atoms with Crippen LogP contribution in [0.2, 0.25) is 0 Å². The van der Waals surface area contributed by atoms with Crippen LogP contribution in [0, 0.1) is 5.21 Å². The van der Waals surface area contributed by atoms with E-state index in [1.807, 2.05) is 30.3 Å². The monoisotopic (exact) mass is 380 g/mol. The minimum absolute atomic E-state index is 0.123. The Kier molecular flexibility index (Phi) is 5.49. The Hall–Kier alpha value is -2.21. The van der Waals surface area contributed by atoms with Crippen molar-refractivity contribution in [2.24, 2.45) is 0 Å². The molecular formula is C23H28N2O3. The summed E-state index contributed by atoms with van der Waals surface area (Å²) in [6.45, 7) is 2.67. The molecule has 0 amide bonds. The van der Waals surface area contributed by atoms with E-state index in [1.165, 1.54) is 5.56 Å². The molecule has 5 nitrogen and oxygen atoms in total. The Morgan fingerprint density at radius 1 is 1.07 bits per heavy atom. The predicted molar refractivity (Wildman–Crippen MR) is 108 cm³/mol. The van der Waals surface area contributed by atoms with Gasteiger partial charge in [-0.3, -0.25) is 9.69 Å². The van der Waals surface area contributed by atoms with Gasteiger partial charge in [-0.25, -0.2) is 0 Å². The number of Topliss-reactive ketones (excluding diaryl/α,β-unsaturated/α-hetero) is 1. The summed E-state index contributed by atoms with van der Waals surface area (Å²) in [6.07, 6.45) is 2.52. The van der Waals surface area contributed by atoms with Crippen LogP contribution in [0.3, 0.4) is 0 Å². The van der Waals surface area contributed by atoms with Gasteiger partial charge in [0.15, 0.2) is 11.8 Å². The first-order chi connectivity index (χ1) is 13.6. The lowest BCUT2D eigenvalue weighted by Gasteiger charge is -2.45. The molecule has 1 spiro atoms. The Balaban J connectivity index is 1.38. The molecule has 0 aromatic heterocycles.